The van der Waals surface area contributed by atoms with Gasteiger partial charge in [-0.2, -0.15) is 0 Å². The van der Waals surface area contributed by atoms with Crippen LogP contribution in [0.25, 0.3) is 76.2 Å². The summed E-state index contributed by atoms with van der Waals surface area (Å²) < 4.78 is 13.6. The molecule has 0 fully saturated rings. The predicted molar refractivity (Wildman–Crippen MR) is 271 cm³/mol. The fourth-order valence-corrected chi connectivity index (χ4v) is 10.3. The van der Waals surface area contributed by atoms with E-state index in [0.29, 0.717) is 11.8 Å². The van der Waals surface area contributed by atoms with Gasteiger partial charge in [-0.25, -0.2) is 0 Å². The van der Waals surface area contributed by atoms with E-state index in [0.717, 1.165) is 90.5 Å². The molecule has 64 heavy (non-hydrogen) atoms. The first-order valence-electron chi connectivity index (χ1n) is 22.7. The summed E-state index contributed by atoms with van der Waals surface area (Å²) in [4.78, 5) is 4.91. The second-order valence-electron chi connectivity index (χ2n) is 18.0. The minimum atomic E-state index is 0.416. The fraction of sp³-hybridized carbons (Fsp3) is 0.133. The van der Waals surface area contributed by atoms with Gasteiger partial charge in [-0.3, -0.25) is 0 Å². The van der Waals surface area contributed by atoms with Gasteiger partial charge in [-0.05, 0) is 106 Å². The Bertz CT molecular complexity index is 3690. The van der Waals surface area contributed by atoms with Crippen molar-refractivity contribution < 1.29 is 8.83 Å². The molecule has 0 saturated heterocycles. The number of allylic oxidation sites excluding steroid dienone is 4. The Hall–Kier alpha value is -7.56. The number of fused-ring (bicyclic) bond motifs is 11. The van der Waals surface area contributed by atoms with Gasteiger partial charge in [0, 0.05) is 43.7 Å². The summed E-state index contributed by atoms with van der Waals surface area (Å²) in [5.74, 6) is 0.915. The first-order chi connectivity index (χ1) is 31.4. The van der Waals surface area contributed by atoms with Crippen molar-refractivity contribution in [3.05, 3.63) is 199 Å². The van der Waals surface area contributed by atoms with Gasteiger partial charge in [-0.1, -0.05) is 161 Å². The van der Waals surface area contributed by atoms with Gasteiger partial charge in [0.15, 0.2) is 11.2 Å². The van der Waals surface area contributed by atoms with Crippen LogP contribution in [0, 0.1) is 5.92 Å². The number of anilines is 5. The Morgan fingerprint density at radius 2 is 0.844 bits per heavy atom. The van der Waals surface area contributed by atoms with Crippen LogP contribution in [0.5, 0.6) is 0 Å². The van der Waals surface area contributed by atoms with Gasteiger partial charge < -0.3 is 18.6 Å². The molecule has 0 spiro atoms. The highest BCUT2D eigenvalue weighted by atomic mass is 16.3. The Morgan fingerprint density at radius 3 is 1.34 bits per heavy atom. The van der Waals surface area contributed by atoms with Crippen LogP contribution < -0.4 is 9.80 Å². The number of furan rings is 2. The molecule has 0 unspecified atom stereocenters. The summed E-state index contributed by atoms with van der Waals surface area (Å²) in [6.45, 7) is 9.10. The number of nitrogens with zero attached hydrogens (tertiary/aromatic N) is 2. The van der Waals surface area contributed by atoms with Crippen molar-refractivity contribution in [2.45, 2.75) is 46.5 Å². The molecule has 0 saturated carbocycles. The number of para-hydroxylation sites is 4. The first-order valence-corrected chi connectivity index (χ1v) is 22.7. The van der Waals surface area contributed by atoms with Crippen LogP contribution in [0.1, 0.15) is 52.0 Å². The van der Waals surface area contributed by atoms with Gasteiger partial charge in [0.1, 0.15) is 11.2 Å². The van der Waals surface area contributed by atoms with E-state index in [4.69, 9.17) is 8.83 Å². The lowest BCUT2D eigenvalue weighted by Crippen LogP contribution is -2.19. The summed E-state index contributed by atoms with van der Waals surface area (Å²) in [5, 5.41) is 11.6. The molecule has 0 atom stereocenters. The van der Waals surface area contributed by atoms with E-state index in [1.54, 1.807) is 0 Å². The van der Waals surface area contributed by atoms with Gasteiger partial charge >= 0.3 is 0 Å². The zero-order chi connectivity index (χ0) is 43.1. The van der Waals surface area contributed by atoms with Crippen molar-refractivity contribution in [2.75, 3.05) is 9.80 Å². The van der Waals surface area contributed by atoms with Crippen molar-refractivity contribution in [3.8, 4) is 0 Å². The molecule has 12 rings (SSSR count). The van der Waals surface area contributed by atoms with Crippen molar-refractivity contribution in [1.82, 2.24) is 0 Å². The summed E-state index contributed by atoms with van der Waals surface area (Å²) in [7, 11) is 0. The van der Waals surface area contributed by atoms with Crippen LogP contribution in [0.3, 0.4) is 0 Å². The van der Waals surface area contributed by atoms with Crippen molar-refractivity contribution in [2.24, 2.45) is 5.92 Å². The van der Waals surface area contributed by atoms with Gasteiger partial charge in [0.25, 0.3) is 0 Å². The smallest absolute Gasteiger partial charge is 0.159 e. The third-order valence-corrected chi connectivity index (χ3v) is 13.6. The molecule has 0 bridgehead atoms. The van der Waals surface area contributed by atoms with Gasteiger partial charge in [-0.15, -0.1) is 0 Å². The molecule has 1 aliphatic carbocycles. The molecule has 9 aromatic carbocycles. The lowest BCUT2D eigenvalue weighted by molar-refractivity contribution is 0.667. The van der Waals surface area contributed by atoms with E-state index in [1.165, 1.54) is 43.8 Å². The highest BCUT2D eigenvalue weighted by Crippen LogP contribution is 2.50. The second-order valence-corrected chi connectivity index (χ2v) is 18.0. The van der Waals surface area contributed by atoms with Gasteiger partial charge in [0.05, 0.1) is 22.7 Å². The molecular formula is C60H48N2O2. The van der Waals surface area contributed by atoms with E-state index in [-0.39, 0.29) is 0 Å². The summed E-state index contributed by atoms with van der Waals surface area (Å²) >= 11 is 0. The standard InChI is InChI=1S/C60H48N2O2/c1-37(2)39-27-31-41(32-28-39)61(53-23-13-21-49-47-19-9-11-25-57(47)63-59(49)53)55-35-51-44-16-6-8-18-46(44)56(36-52(51)43-15-5-7-17-45(43)55)62(42-33-29-40(30-34-42)38(3)4)54-24-14-22-50-48-20-10-12-26-58(48)64-60(50)54/h5-29,31-33,35-38H,30,34H2,1-4H3. The molecule has 2 aromatic heterocycles. The molecule has 310 valence electrons. The number of hydrogen-bond donors (Lipinski definition) is 0. The van der Waals surface area contributed by atoms with E-state index >= 15 is 0 Å². The molecule has 4 heteroatoms. The zero-order valence-electron chi connectivity index (χ0n) is 36.6. The maximum Gasteiger partial charge on any atom is 0.159 e. The quantitative estimate of drug-likeness (QED) is 0.143. The Morgan fingerprint density at radius 1 is 0.375 bits per heavy atom. The third-order valence-electron chi connectivity index (χ3n) is 13.6. The summed E-state index contributed by atoms with van der Waals surface area (Å²) in [6, 6.07) is 61.7. The molecule has 4 nitrogen and oxygen atoms in total. The minimum absolute atomic E-state index is 0.416. The van der Waals surface area contributed by atoms with Crippen LogP contribution in [0.2, 0.25) is 0 Å². The molecular weight excluding hydrogens is 781 g/mol. The largest absolute Gasteiger partial charge is 0.454 e. The van der Waals surface area contributed by atoms with Crippen LogP contribution in [-0.4, -0.2) is 0 Å². The fourth-order valence-electron chi connectivity index (χ4n) is 10.3. The van der Waals surface area contributed by atoms with E-state index < -0.39 is 0 Å². The molecule has 0 N–H and O–H groups in total. The van der Waals surface area contributed by atoms with Crippen LogP contribution in [-0.2, 0) is 0 Å². The normalized spacial score (nSPS) is 13.3. The first kappa shape index (κ1) is 38.1. The van der Waals surface area contributed by atoms with Crippen LogP contribution in [0.4, 0.5) is 28.4 Å². The molecule has 0 aliphatic heterocycles. The maximum atomic E-state index is 6.80. The molecule has 2 heterocycles. The topological polar surface area (TPSA) is 32.8 Å². The molecule has 11 aromatic rings. The highest BCUT2D eigenvalue weighted by Gasteiger charge is 2.27. The SMILES string of the molecule is CC(C)C1=CC=C(N(c2cc3c4ccccc4c(N(c4ccc(C(C)C)cc4)c4cccc5c4oc4ccccc45)cc3c3ccccc23)c2cccc3c2oc2ccccc23)CC1. The van der Waals surface area contributed by atoms with Gasteiger partial charge in [0.2, 0.25) is 0 Å². The van der Waals surface area contributed by atoms with E-state index in [1.807, 2.05) is 6.07 Å². The summed E-state index contributed by atoms with van der Waals surface area (Å²) in [6.07, 6.45) is 6.64. The number of benzene rings is 9. The average Bonchev–Trinajstić information content (AvgIpc) is 3.92. The molecule has 0 radical (unpaired) electrons. The van der Waals surface area contributed by atoms with E-state index in [9.17, 15) is 0 Å². The Balaban J connectivity index is 1.16. The third kappa shape index (κ3) is 6.04. The lowest BCUT2D eigenvalue weighted by Gasteiger charge is -2.32. The number of rotatable bonds is 8. The van der Waals surface area contributed by atoms with Crippen molar-refractivity contribution >= 4 is 105 Å². The second kappa shape index (κ2) is 15.1. The monoisotopic (exact) mass is 828 g/mol. The van der Waals surface area contributed by atoms with Crippen molar-refractivity contribution in [1.29, 1.82) is 0 Å². The molecule has 1 aliphatic rings. The van der Waals surface area contributed by atoms with Crippen LogP contribution in [0.15, 0.2) is 202 Å². The Kier molecular flexibility index (Phi) is 8.98. The average molecular weight is 829 g/mol. The lowest BCUT2D eigenvalue weighted by atomic mass is 9.91. The van der Waals surface area contributed by atoms with Crippen molar-refractivity contribution in [3.63, 3.8) is 0 Å². The summed E-state index contributed by atoms with van der Waals surface area (Å²) in [5.41, 5.74) is 12.9. The number of hydrogen-bond acceptors (Lipinski definition) is 4. The minimum Gasteiger partial charge on any atom is -0.454 e. The zero-order valence-corrected chi connectivity index (χ0v) is 36.6. The van der Waals surface area contributed by atoms with E-state index in [2.05, 4.69) is 213 Å². The van der Waals surface area contributed by atoms with Crippen LogP contribution >= 0.6 is 0 Å². The highest BCUT2D eigenvalue weighted by molar-refractivity contribution is 6.25. The maximum absolute atomic E-state index is 6.80. The predicted octanol–water partition coefficient (Wildman–Crippen LogP) is 17.9. The molecule has 0 amide bonds. The Labute approximate surface area is 372 Å².